The number of benzene rings is 1. The van der Waals surface area contributed by atoms with Crippen molar-refractivity contribution in [3.63, 3.8) is 0 Å². The molecule has 28 heavy (non-hydrogen) atoms. The Bertz CT molecular complexity index is 976. The summed E-state index contributed by atoms with van der Waals surface area (Å²) in [5, 5.41) is 15.9. The third kappa shape index (κ3) is 5.41. The van der Waals surface area contributed by atoms with E-state index in [2.05, 4.69) is 26.0 Å². The number of anilines is 1. The van der Waals surface area contributed by atoms with Crippen LogP contribution in [0, 0.1) is 0 Å². The number of carbonyl (C=O) groups is 1. The molecule has 0 aliphatic heterocycles. The molecule has 0 saturated heterocycles. The number of aromatic nitrogens is 3. The molecule has 0 spiro atoms. The molecular formula is C16H15Cl2N7O2S. The predicted octanol–water partition coefficient (Wildman–Crippen LogP) is 2.75. The van der Waals surface area contributed by atoms with Gasteiger partial charge in [0.15, 0.2) is 0 Å². The highest BCUT2D eigenvalue weighted by Gasteiger charge is 2.12. The van der Waals surface area contributed by atoms with Crippen LogP contribution < -0.4 is 16.6 Å². The molecule has 1 amide bonds. The van der Waals surface area contributed by atoms with E-state index >= 15 is 0 Å². The Kier molecular flexibility index (Phi) is 6.80. The molecule has 3 rings (SSSR count). The second-order valence-electron chi connectivity index (χ2n) is 5.36. The van der Waals surface area contributed by atoms with Crippen LogP contribution in [-0.2, 0) is 11.3 Å². The van der Waals surface area contributed by atoms with Gasteiger partial charge in [0.1, 0.15) is 5.76 Å². The lowest BCUT2D eigenvalue weighted by Crippen LogP contribution is -2.24. The Morgan fingerprint density at radius 1 is 1.36 bits per heavy atom. The average Bonchev–Trinajstić information content (AvgIpc) is 3.31. The van der Waals surface area contributed by atoms with Crippen molar-refractivity contribution in [3.8, 4) is 0 Å². The molecule has 0 bridgehead atoms. The number of amides is 1. The molecule has 0 aliphatic rings. The fourth-order valence-electron chi connectivity index (χ4n) is 2.00. The van der Waals surface area contributed by atoms with Crippen LogP contribution in [0.25, 0.3) is 0 Å². The minimum atomic E-state index is -0.186. The number of furan rings is 1. The van der Waals surface area contributed by atoms with E-state index in [1.165, 1.54) is 10.9 Å². The standard InChI is InChI=1S/C16H15Cl2N7O2S/c17-11-4-3-10(13(18)6-11)7-21-22-15-23-24-16(25(15)19)28-9-14(26)20-8-12-2-1-5-27-12/h1-7H,8-9,19H2,(H,20,26)(H,22,23)/b21-7+. The topological polar surface area (TPSA) is 123 Å². The molecule has 2 heterocycles. The maximum atomic E-state index is 11.9. The average molecular weight is 440 g/mol. The van der Waals surface area contributed by atoms with Gasteiger partial charge < -0.3 is 15.6 Å². The molecule has 3 aromatic rings. The molecule has 0 saturated carbocycles. The van der Waals surface area contributed by atoms with Gasteiger partial charge in [0.2, 0.25) is 11.1 Å². The predicted molar refractivity (Wildman–Crippen MR) is 109 cm³/mol. The van der Waals surface area contributed by atoms with E-state index in [1.54, 1.807) is 36.6 Å². The number of carbonyl (C=O) groups excluding carboxylic acids is 1. The smallest absolute Gasteiger partial charge is 0.264 e. The summed E-state index contributed by atoms with van der Waals surface area (Å²) in [6, 6.07) is 8.57. The molecule has 146 valence electrons. The molecule has 0 radical (unpaired) electrons. The van der Waals surface area contributed by atoms with Gasteiger partial charge in [-0.15, -0.1) is 10.2 Å². The van der Waals surface area contributed by atoms with Crippen LogP contribution in [0.3, 0.4) is 0 Å². The number of nitrogens with zero attached hydrogens (tertiary/aromatic N) is 4. The monoisotopic (exact) mass is 439 g/mol. The van der Waals surface area contributed by atoms with Crippen LogP contribution in [0.1, 0.15) is 11.3 Å². The van der Waals surface area contributed by atoms with Gasteiger partial charge in [0, 0.05) is 10.6 Å². The Hall–Kier alpha value is -2.69. The first-order valence-corrected chi connectivity index (χ1v) is 9.63. The summed E-state index contributed by atoms with van der Waals surface area (Å²) in [6.45, 7) is 0.316. The van der Waals surface area contributed by atoms with Gasteiger partial charge in [-0.3, -0.25) is 4.79 Å². The summed E-state index contributed by atoms with van der Waals surface area (Å²) in [5.41, 5.74) is 3.34. The summed E-state index contributed by atoms with van der Waals surface area (Å²) in [5.74, 6) is 6.73. The van der Waals surface area contributed by atoms with Crippen molar-refractivity contribution in [1.82, 2.24) is 20.2 Å². The zero-order valence-electron chi connectivity index (χ0n) is 14.3. The Labute approximate surface area is 174 Å². The maximum Gasteiger partial charge on any atom is 0.264 e. The van der Waals surface area contributed by atoms with Crippen molar-refractivity contribution in [3.05, 3.63) is 58.0 Å². The largest absolute Gasteiger partial charge is 0.467 e. The third-order valence-electron chi connectivity index (χ3n) is 3.37. The zero-order valence-corrected chi connectivity index (χ0v) is 16.6. The fourth-order valence-corrected chi connectivity index (χ4v) is 3.14. The van der Waals surface area contributed by atoms with Gasteiger partial charge in [-0.1, -0.05) is 41.0 Å². The number of hydrogen-bond donors (Lipinski definition) is 3. The quantitative estimate of drug-likeness (QED) is 0.213. The lowest BCUT2D eigenvalue weighted by atomic mass is 10.2. The van der Waals surface area contributed by atoms with E-state index in [4.69, 9.17) is 33.5 Å². The highest BCUT2D eigenvalue weighted by atomic mass is 35.5. The van der Waals surface area contributed by atoms with E-state index < -0.39 is 0 Å². The number of thioether (sulfide) groups is 1. The summed E-state index contributed by atoms with van der Waals surface area (Å²) < 4.78 is 6.35. The number of halogens is 2. The van der Waals surface area contributed by atoms with E-state index in [1.807, 2.05) is 0 Å². The zero-order chi connectivity index (χ0) is 19.9. The Balaban J connectivity index is 1.50. The van der Waals surface area contributed by atoms with Crippen LogP contribution in [0.15, 0.2) is 51.3 Å². The van der Waals surface area contributed by atoms with Crippen LogP contribution >= 0.6 is 35.0 Å². The third-order valence-corrected chi connectivity index (χ3v) is 4.87. The van der Waals surface area contributed by atoms with Crippen LogP contribution in [0.2, 0.25) is 10.0 Å². The van der Waals surface area contributed by atoms with Crippen molar-refractivity contribution in [2.75, 3.05) is 17.0 Å². The van der Waals surface area contributed by atoms with E-state index in [0.717, 1.165) is 11.8 Å². The van der Waals surface area contributed by atoms with Crippen molar-refractivity contribution in [2.24, 2.45) is 5.10 Å². The van der Waals surface area contributed by atoms with E-state index in [-0.39, 0.29) is 17.6 Å². The van der Waals surface area contributed by atoms with E-state index in [0.29, 0.717) is 33.1 Å². The molecule has 4 N–H and O–H groups in total. The lowest BCUT2D eigenvalue weighted by Gasteiger charge is -2.04. The highest BCUT2D eigenvalue weighted by molar-refractivity contribution is 7.99. The van der Waals surface area contributed by atoms with Crippen LogP contribution in [0.4, 0.5) is 5.95 Å². The number of rotatable bonds is 8. The summed E-state index contributed by atoms with van der Waals surface area (Å²) >= 11 is 13.1. The summed E-state index contributed by atoms with van der Waals surface area (Å²) in [6.07, 6.45) is 3.05. The SMILES string of the molecule is Nn1c(N/N=C/c2ccc(Cl)cc2Cl)nnc1SCC(=O)NCc1ccco1. The Morgan fingerprint density at radius 2 is 2.21 bits per heavy atom. The lowest BCUT2D eigenvalue weighted by molar-refractivity contribution is -0.118. The van der Waals surface area contributed by atoms with Crippen molar-refractivity contribution >= 4 is 53.0 Å². The number of nitrogen functional groups attached to an aromatic ring is 1. The van der Waals surface area contributed by atoms with Crippen molar-refractivity contribution in [1.29, 1.82) is 0 Å². The minimum Gasteiger partial charge on any atom is -0.467 e. The highest BCUT2D eigenvalue weighted by Crippen LogP contribution is 2.20. The number of nitrogens with one attached hydrogen (secondary N) is 2. The second kappa shape index (κ2) is 9.49. The van der Waals surface area contributed by atoms with Crippen LogP contribution in [0.5, 0.6) is 0 Å². The minimum absolute atomic E-state index is 0.125. The molecular weight excluding hydrogens is 425 g/mol. The second-order valence-corrected chi connectivity index (χ2v) is 7.14. The van der Waals surface area contributed by atoms with Gasteiger partial charge in [0.25, 0.3) is 5.95 Å². The molecule has 1 aromatic carbocycles. The fraction of sp³-hybridized carbons (Fsp3) is 0.125. The van der Waals surface area contributed by atoms with E-state index in [9.17, 15) is 4.79 Å². The van der Waals surface area contributed by atoms with Gasteiger partial charge in [-0.25, -0.2) is 10.1 Å². The van der Waals surface area contributed by atoms with Gasteiger partial charge in [0.05, 0.1) is 29.8 Å². The normalized spacial score (nSPS) is 11.1. The molecule has 0 aliphatic carbocycles. The molecule has 2 aromatic heterocycles. The van der Waals surface area contributed by atoms with Crippen molar-refractivity contribution < 1.29 is 9.21 Å². The Morgan fingerprint density at radius 3 is 2.96 bits per heavy atom. The first-order chi connectivity index (χ1) is 13.5. The molecule has 0 atom stereocenters. The first kappa shape index (κ1) is 20.1. The maximum absolute atomic E-state index is 11.9. The number of nitrogens with two attached hydrogens (primary N) is 1. The summed E-state index contributed by atoms with van der Waals surface area (Å²) in [4.78, 5) is 11.9. The van der Waals surface area contributed by atoms with Gasteiger partial charge >= 0.3 is 0 Å². The van der Waals surface area contributed by atoms with Gasteiger partial charge in [-0.05, 0) is 24.3 Å². The molecule has 0 unspecified atom stereocenters. The number of hydrazone groups is 1. The molecule has 0 fully saturated rings. The summed E-state index contributed by atoms with van der Waals surface area (Å²) in [7, 11) is 0. The van der Waals surface area contributed by atoms with Crippen molar-refractivity contribution in [2.45, 2.75) is 11.7 Å². The van der Waals surface area contributed by atoms with Gasteiger partial charge in [-0.2, -0.15) is 5.10 Å². The van der Waals surface area contributed by atoms with Crippen LogP contribution in [-0.4, -0.2) is 32.7 Å². The first-order valence-electron chi connectivity index (χ1n) is 7.89. The number of hydrogen-bond acceptors (Lipinski definition) is 8. The molecule has 12 heteroatoms. The molecule has 9 nitrogen and oxygen atoms in total.